The van der Waals surface area contributed by atoms with E-state index in [0.29, 0.717) is 18.8 Å². The summed E-state index contributed by atoms with van der Waals surface area (Å²) in [7, 11) is 0. The van der Waals surface area contributed by atoms with Gasteiger partial charge in [-0.1, -0.05) is 28.1 Å². The molecule has 3 rings (SSSR count). The fourth-order valence-electron chi connectivity index (χ4n) is 2.57. The van der Waals surface area contributed by atoms with Crippen molar-refractivity contribution in [3.63, 3.8) is 0 Å². The van der Waals surface area contributed by atoms with Crippen LogP contribution in [-0.4, -0.2) is 28.6 Å². The van der Waals surface area contributed by atoms with Crippen molar-refractivity contribution in [3.05, 3.63) is 57.2 Å². The van der Waals surface area contributed by atoms with Crippen LogP contribution in [0.1, 0.15) is 5.82 Å². The van der Waals surface area contributed by atoms with Gasteiger partial charge in [0.05, 0.1) is 15.5 Å². The number of benzene rings is 2. The summed E-state index contributed by atoms with van der Waals surface area (Å²) in [6.45, 7) is 3.13. The number of nitrogens with zero attached hydrogens (tertiary/aromatic N) is 2. The first-order chi connectivity index (χ1) is 12.0. The predicted octanol–water partition coefficient (Wildman–Crippen LogP) is 4.06. The van der Waals surface area contributed by atoms with Crippen molar-refractivity contribution >= 4 is 48.8 Å². The zero-order chi connectivity index (χ0) is 17.8. The Morgan fingerprint density at radius 3 is 2.84 bits per heavy atom. The van der Waals surface area contributed by atoms with Crippen molar-refractivity contribution in [1.82, 2.24) is 14.9 Å². The molecular formula is C18H17Br2N3O2. The Kier molecular flexibility index (Phi) is 5.75. The quantitative estimate of drug-likeness (QED) is 0.595. The van der Waals surface area contributed by atoms with Gasteiger partial charge in [-0.15, -0.1) is 0 Å². The van der Waals surface area contributed by atoms with Crippen molar-refractivity contribution in [1.29, 1.82) is 0 Å². The number of amides is 1. The SMILES string of the molecule is Cc1nc2ccccc2n1CCNC(=O)COc1ccc(Br)cc1Br. The van der Waals surface area contributed by atoms with Crippen LogP contribution in [0.3, 0.4) is 0 Å². The molecule has 5 nitrogen and oxygen atoms in total. The molecule has 1 aromatic heterocycles. The Morgan fingerprint density at radius 2 is 2.04 bits per heavy atom. The summed E-state index contributed by atoms with van der Waals surface area (Å²) in [5.41, 5.74) is 2.04. The molecule has 0 saturated carbocycles. The number of imidazole rings is 1. The molecule has 1 heterocycles. The van der Waals surface area contributed by atoms with E-state index in [-0.39, 0.29) is 12.5 Å². The number of fused-ring (bicyclic) bond motifs is 1. The number of halogens is 2. The van der Waals surface area contributed by atoms with Gasteiger partial charge in [-0.25, -0.2) is 4.98 Å². The highest BCUT2D eigenvalue weighted by atomic mass is 79.9. The Bertz CT molecular complexity index is 908. The van der Waals surface area contributed by atoms with E-state index in [1.807, 2.05) is 49.4 Å². The van der Waals surface area contributed by atoms with E-state index in [9.17, 15) is 4.79 Å². The van der Waals surface area contributed by atoms with Crippen LogP contribution in [0.15, 0.2) is 51.4 Å². The lowest BCUT2D eigenvalue weighted by Crippen LogP contribution is -2.31. The van der Waals surface area contributed by atoms with Gasteiger partial charge >= 0.3 is 0 Å². The fourth-order valence-corrected chi connectivity index (χ4v) is 3.73. The summed E-state index contributed by atoms with van der Waals surface area (Å²) >= 11 is 6.79. The molecule has 0 fully saturated rings. The number of ether oxygens (including phenoxy) is 1. The molecule has 130 valence electrons. The van der Waals surface area contributed by atoms with E-state index < -0.39 is 0 Å². The maximum Gasteiger partial charge on any atom is 0.258 e. The van der Waals surface area contributed by atoms with E-state index in [4.69, 9.17) is 4.74 Å². The van der Waals surface area contributed by atoms with Gasteiger partial charge in [0.25, 0.3) is 5.91 Å². The minimum absolute atomic E-state index is 0.0239. The smallest absolute Gasteiger partial charge is 0.258 e. The highest BCUT2D eigenvalue weighted by Gasteiger charge is 2.08. The van der Waals surface area contributed by atoms with Crippen molar-refractivity contribution in [2.45, 2.75) is 13.5 Å². The topological polar surface area (TPSA) is 56.2 Å². The molecule has 7 heteroatoms. The monoisotopic (exact) mass is 465 g/mol. The standard InChI is InChI=1S/C18H17Br2N3O2/c1-12-22-15-4-2-3-5-16(15)23(12)9-8-21-18(24)11-25-17-7-6-13(19)10-14(17)20/h2-7,10H,8-9,11H2,1H3,(H,21,24). The molecule has 1 N–H and O–H groups in total. The molecule has 0 radical (unpaired) electrons. The van der Waals surface area contributed by atoms with Crippen molar-refractivity contribution in [2.75, 3.05) is 13.2 Å². The number of rotatable bonds is 6. The zero-order valence-corrected chi connectivity index (χ0v) is 16.8. The lowest BCUT2D eigenvalue weighted by Gasteiger charge is -2.10. The van der Waals surface area contributed by atoms with E-state index in [1.165, 1.54) is 0 Å². The molecule has 0 aliphatic carbocycles. The molecule has 0 spiro atoms. The number of aryl methyl sites for hydroxylation is 1. The number of hydrogen-bond donors (Lipinski definition) is 1. The first-order valence-electron chi connectivity index (χ1n) is 7.81. The number of nitrogens with one attached hydrogen (secondary N) is 1. The van der Waals surface area contributed by atoms with E-state index in [0.717, 1.165) is 25.8 Å². The summed E-state index contributed by atoms with van der Waals surface area (Å²) in [6, 6.07) is 13.5. The van der Waals surface area contributed by atoms with Gasteiger partial charge < -0.3 is 14.6 Å². The van der Waals surface area contributed by atoms with E-state index in [1.54, 1.807) is 0 Å². The second kappa shape index (κ2) is 8.01. The van der Waals surface area contributed by atoms with Gasteiger partial charge in [0.2, 0.25) is 0 Å². The summed E-state index contributed by atoms with van der Waals surface area (Å²) < 4.78 is 9.38. The van der Waals surface area contributed by atoms with Crippen molar-refractivity contribution < 1.29 is 9.53 Å². The van der Waals surface area contributed by atoms with Crippen LogP contribution in [0.5, 0.6) is 5.75 Å². The Balaban J connectivity index is 1.51. The van der Waals surface area contributed by atoms with Gasteiger partial charge in [-0.05, 0) is 53.2 Å². The summed E-state index contributed by atoms with van der Waals surface area (Å²) in [5, 5.41) is 2.88. The Labute approximate surface area is 162 Å². The number of para-hydroxylation sites is 2. The minimum Gasteiger partial charge on any atom is -0.483 e. The number of carbonyl (C=O) groups excluding carboxylic acids is 1. The molecular weight excluding hydrogens is 450 g/mol. The lowest BCUT2D eigenvalue weighted by atomic mass is 10.3. The lowest BCUT2D eigenvalue weighted by molar-refractivity contribution is -0.123. The third kappa shape index (κ3) is 4.41. The van der Waals surface area contributed by atoms with Crippen LogP contribution in [0.2, 0.25) is 0 Å². The molecule has 1 amide bonds. The Morgan fingerprint density at radius 1 is 1.24 bits per heavy atom. The molecule has 0 saturated heterocycles. The molecule has 0 atom stereocenters. The fraction of sp³-hybridized carbons (Fsp3) is 0.222. The van der Waals surface area contributed by atoms with Gasteiger partial charge in [0.15, 0.2) is 6.61 Å². The molecule has 0 bridgehead atoms. The molecule has 0 aliphatic heterocycles. The van der Waals surface area contributed by atoms with Gasteiger partial charge in [-0.3, -0.25) is 4.79 Å². The third-order valence-electron chi connectivity index (χ3n) is 3.76. The van der Waals surface area contributed by atoms with Gasteiger partial charge in [-0.2, -0.15) is 0 Å². The van der Waals surface area contributed by atoms with Crippen LogP contribution in [0, 0.1) is 6.92 Å². The van der Waals surface area contributed by atoms with Crippen LogP contribution in [0.4, 0.5) is 0 Å². The molecule has 2 aromatic carbocycles. The number of hydrogen-bond acceptors (Lipinski definition) is 3. The normalized spacial score (nSPS) is 10.8. The van der Waals surface area contributed by atoms with Gasteiger partial charge in [0.1, 0.15) is 11.6 Å². The maximum absolute atomic E-state index is 12.0. The minimum atomic E-state index is -0.156. The largest absolute Gasteiger partial charge is 0.483 e. The molecule has 3 aromatic rings. The van der Waals surface area contributed by atoms with E-state index >= 15 is 0 Å². The first-order valence-corrected chi connectivity index (χ1v) is 9.39. The average molecular weight is 467 g/mol. The third-order valence-corrected chi connectivity index (χ3v) is 4.87. The highest BCUT2D eigenvalue weighted by Crippen LogP contribution is 2.28. The molecule has 0 aliphatic rings. The number of carbonyl (C=O) groups is 1. The maximum atomic E-state index is 12.0. The van der Waals surface area contributed by atoms with Crippen LogP contribution in [0.25, 0.3) is 11.0 Å². The average Bonchev–Trinajstić information content (AvgIpc) is 2.90. The summed E-state index contributed by atoms with van der Waals surface area (Å²) in [6.07, 6.45) is 0. The summed E-state index contributed by atoms with van der Waals surface area (Å²) in [5.74, 6) is 1.41. The molecule has 0 unspecified atom stereocenters. The van der Waals surface area contributed by atoms with Gasteiger partial charge in [0, 0.05) is 17.6 Å². The molecule has 25 heavy (non-hydrogen) atoms. The van der Waals surface area contributed by atoms with Crippen LogP contribution >= 0.6 is 31.9 Å². The second-order valence-electron chi connectivity index (χ2n) is 5.51. The van der Waals surface area contributed by atoms with Crippen LogP contribution < -0.4 is 10.1 Å². The first kappa shape index (κ1) is 17.9. The highest BCUT2D eigenvalue weighted by molar-refractivity contribution is 9.11. The summed E-state index contributed by atoms with van der Waals surface area (Å²) in [4.78, 5) is 16.5. The van der Waals surface area contributed by atoms with Crippen molar-refractivity contribution in [2.24, 2.45) is 0 Å². The van der Waals surface area contributed by atoms with Crippen molar-refractivity contribution in [3.8, 4) is 5.75 Å². The van der Waals surface area contributed by atoms with E-state index in [2.05, 4.69) is 46.7 Å². The Hall–Kier alpha value is -1.86. The zero-order valence-electron chi connectivity index (χ0n) is 13.6. The number of aromatic nitrogens is 2. The predicted molar refractivity (Wildman–Crippen MR) is 105 cm³/mol. The second-order valence-corrected chi connectivity index (χ2v) is 7.28. The van der Waals surface area contributed by atoms with Crippen LogP contribution in [-0.2, 0) is 11.3 Å².